The van der Waals surface area contributed by atoms with Gasteiger partial charge in [-0.05, 0) is 43.3 Å². The molecule has 3 rings (SSSR count). The van der Waals surface area contributed by atoms with Crippen LogP contribution in [0.25, 0.3) is 0 Å². The van der Waals surface area contributed by atoms with E-state index >= 15 is 0 Å². The Morgan fingerprint density at radius 3 is 2.32 bits per heavy atom. The molecule has 164 valence electrons. The number of carbonyl (C=O) groups is 1. The molecule has 0 spiro atoms. The maximum absolute atomic E-state index is 12.2. The normalized spacial score (nSPS) is 11.8. The molecule has 0 fully saturated rings. The van der Waals surface area contributed by atoms with Gasteiger partial charge in [-0.3, -0.25) is 4.79 Å². The third-order valence-corrected chi connectivity index (χ3v) is 4.89. The molecule has 31 heavy (non-hydrogen) atoms. The molecule has 0 radical (unpaired) electrons. The van der Waals surface area contributed by atoms with Gasteiger partial charge in [-0.15, -0.1) is 0 Å². The highest BCUT2D eigenvalue weighted by Crippen LogP contribution is 2.12. The Hall–Kier alpha value is -3.09. The van der Waals surface area contributed by atoms with E-state index in [9.17, 15) is 4.79 Å². The van der Waals surface area contributed by atoms with Crippen molar-refractivity contribution in [3.63, 3.8) is 0 Å². The van der Waals surface area contributed by atoms with Gasteiger partial charge < -0.3 is 24.1 Å². The summed E-state index contributed by atoms with van der Waals surface area (Å²) in [5, 5.41) is 2.79. The summed E-state index contributed by atoms with van der Waals surface area (Å²) < 4.78 is 16.4. The number of rotatable bonds is 12. The number of carbonyl (C=O) groups excluding carboxylic acids is 1. The SMILES string of the molecule is CCOc1ccc(C[NH+](Cc2ccccc2)Cc2ccc(C(=O)NCCOC)o2)cc1. The van der Waals surface area contributed by atoms with Gasteiger partial charge >= 0.3 is 0 Å². The predicted molar refractivity (Wildman–Crippen MR) is 119 cm³/mol. The van der Waals surface area contributed by atoms with Crippen LogP contribution in [0.15, 0.2) is 71.1 Å². The molecule has 2 N–H and O–H groups in total. The molecular weight excluding hydrogens is 392 g/mol. The lowest BCUT2D eigenvalue weighted by Gasteiger charge is -2.19. The second-order valence-electron chi connectivity index (χ2n) is 7.36. The van der Waals surface area contributed by atoms with Crippen LogP contribution in [0.3, 0.4) is 0 Å². The standard InChI is InChI=1S/C25H30N2O4/c1-3-30-22-11-9-21(10-12-22)18-27(17-20-7-5-4-6-8-20)19-23-13-14-24(31-23)25(28)26-15-16-29-2/h4-14H,3,15-19H2,1-2H3,(H,26,28)/p+1. The fourth-order valence-corrected chi connectivity index (χ4v) is 3.43. The summed E-state index contributed by atoms with van der Waals surface area (Å²) in [5.74, 6) is 1.77. The topological polar surface area (TPSA) is 65.1 Å². The highest BCUT2D eigenvalue weighted by atomic mass is 16.5. The smallest absolute Gasteiger partial charge is 0.287 e. The summed E-state index contributed by atoms with van der Waals surface area (Å²) >= 11 is 0. The first kappa shape index (κ1) is 22.6. The molecule has 0 bridgehead atoms. The van der Waals surface area contributed by atoms with E-state index in [0.29, 0.717) is 32.1 Å². The predicted octanol–water partition coefficient (Wildman–Crippen LogP) is 2.84. The van der Waals surface area contributed by atoms with E-state index in [1.165, 1.54) is 16.0 Å². The van der Waals surface area contributed by atoms with Crippen LogP contribution in [0.4, 0.5) is 0 Å². The quantitative estimate of drug-likeness (QED) is 0.440. The van der Waals surface area contributed by atoms with E-state index in [1.807, 2.05) is 31.2 Å². The Bertz CT molecular complexity index is 922. The molecule has 1 atom stereocenters. The van der Waals surface area contributed by atoms with Crippen molar-refractivity contribution in [1.29, 1.82) is 0 Å². The van der Waals surface area contributed by atoms with Gasteiger partial charge in [0.2, 0.25) is 0 Å². The van der Waals surface area contributed by atoms with Gasteiger partial charge in [0.05, 0.1) is 13.2 Å². The van der Waals surface area contributed by atoms with Crippen molar-refractivity contribution in [3.05, 3.63) is 89.4 Å². The van der Waals surface area contributed by atoms with Gasteiger partial charge in [0.25, 0.3) is 5.91 Å². The van der Waals surface area contributed by atoms with Crippen LogP contribution in [0.1, 0.15) is 34.4 Å². The number of amides is 1. The highest BCUT2D eigenvalue weighted by Gasteiger charge is 2.17. The number of quaternary nitrogens is 1. The van der Waals surface area contributed by atoms with Crippen LogP contribution in [-0.4, -0.2) is 32.8 Å². The minimum absolute atomic E-state index is 0.223. The summed E-state index contributed by atoms with van der Waals surface area (Å²) in [7, 11) is 1.60. The molecule has 1 amide bonds. The molecule has 3 aromatic rings. The zero-order valence-electron chi connectivity index (χ0n) is 18.2. The Morgan fingerprint density at radius 1 is 0.935 bits per heavy atom. The largest absolute Gasteiger partial charge is 0.494 e. The van der Waals surface area contributed by atoms with Gasteiger partial charge in [0, 0.05) is 24.8 Å². The van der Waals surface area contributed by atoms with Gasteiger partial charge in [-0.1, -0.05) is 30.3 Å². The monoisotopic (exact) mass is 423 g/mol. The number of benzene rings is 2. The average Bonchev–Trinajstić information content (AvgIpc) is 3.25. The van der Waals surface area contributed by atoms with Crippen LogP contribution >= 0.6 is 0 Å². The summed E-state index contributed by atoms with van der Waals surface area (Å²) in [5.41, 5.74) is 2.48. The van der Waals surface area contributed by atoms with Crippen molar-refractivity contribution in [2.45, 2.75) is 26.6 Å². The van der Waals surface area contributed by atoms with E-state index in [4.69, 9.17) is 13.9 Å². The third kappa shape index (κ3) is 7.27. The summed E-state index contributed by atoms with van der Waals surface area (Å²) in [6.07, 6.45) is 0. The fourth-order valence-electron chi connectivity index (χ4n) is 3.43. The summed E-state index contributed by atoms with van der Waals surface area (Å²) in [4.78, 5) is 13.5. The van der Waals surface area contributed by atoms with Crippen LogP contribution in [-0.2, 0) is 24.4 Å². The van der Waals surface area contributed by atoms with Crippen molar-refractivity contribution < 1.29 is 23.6 Å². The first-order valence-electron chi connectivity index (χ1n) is 10.6. The molecule has 1 heterocycles. The lowest BCUT2D eigenvalue weighted by molar-refractivity contribution is -0.942. The molecule has 1 aromatic heterocycles. The van der Waals surface area contributed by atoms with Gasteiger partial charge in [-0.2, -0.15) is 0 Å². The van der Waals surface area contributed by atoms with Gasteiger partial charge in [0.1, 0.15) is 25.4 Å². The lowest BCUT2D eigenvalue weighted by atomic mass is 10.1. The molecule has 1 unspecified atom stereocenters. The van der Waals surface area contributed by atoms with Gasteiger partial charge in [-0.25, -0.2) is 0 Å². The number of ether oxygens (including phenoxy) is 2. The fraction of sp³-hybridized carbons (Fsp3) is 0.320. The van der Waals surface area contributed by atoms with Crippen LogP contribution in [0, 0.1) is 0 Å². The van der Waals surface area contributed by atoms with E-state index in [1.54, 1.807) is 13.2 Å². The molecule has 0 saturated heterocycles. The first-order chi connectivity index (χ1) is 15.2. The maximum Gasteiger partial charge on any atom is 0.287 e. The van der Waals surface area contributed by atoms with Crippen molar-refractivity contribution in [2.24, 2.45) is 0 Å². The minimum Gasteiger partial charge on any atom is -0.494 e. The first-order valence-corrected chi connectivity index (χ1v) is 10.6. The van der Waals surface area contributed by atoms with Crippen molar-refractivity contribution >= 4 is 5.91 Å². The molecule has 0 saturated carbocycles. The van der Waals surface area contributed by atoms with E-state index in [0.717, 1.165) is 24.6 Å². The molecule has 0 aliphatic rings. The second kappa shape index (κ2) is 11.9. The van der Waals surface area contributed by atoms with E-state index in [2.05, 4.69) is 41.7 Å². The third-order valence-electron chi connectivity index (χ3n) is 4.89. The molecule has 6 heteroatoms. The van der Waals surface area contributed by atoms with Crippen molar-refractivity contribution in [1.82, 2.24) is 5.32 Å². The Labute approximate surface area is 183 Å². The van der Waals surface area contributed by atoms with Crippen molar-refractivity contribution in [3.8, 4) is 5.75 Å². The number of hydrogen-bond donors (Lipinski definition) is 2. The zero-order chi connectivity index (χ0) is 21.9. The van der Waals surface area contributed by atoms with Crippen LogP contribution < -0.4 is 15.0 Å². The molecule has 0 aliphatic heterocycles. The summed E-state index contributed by atoms with van der Waals surface area (Å²) in [6, 6.07) is 22.2. The molecular formula is C25H31N2O4+. The Kier molecular flexibility index (Phi) is 8.70. The van der Waals surface area contributed by atoms with E-state index < -0.39 is 0 Å². The lowest BCUT2D eigenvalue weighted by Crippen LogP contribution is -3.08. The zero-order valence-corrected chi connectivity index (χ0v) is 18.2. The number of furan rings is 1. The number of nitrogens with one attached hydrogen (secondary N) is 2. The van der Waals surface area contributed by atoms with Crippen molar-refractivity contribution in [2.75, 3.05) is 26.9 Å². The maximum atomic E-state index is 12.2. The molecule has 2 aromatic carbocycles. The number of hydrogen-bond acceptors (Lipinski definition) is 4. The Balaban J connectivity index is 1.68. The highest BCUT2D eigenvalue weighted by molar-refractivity contribution is 5.91. The molecule has 6 nitrogen and oxygen atoms in total. The van der Waals surface area contributed by atoms with Crippen LogP contribution in [0.2, 0.25) is 0 Å². The number of methoxy groups -OCH3 is 1. The van der Waals surface area contributed by atoms with Crippen LogP contribution in [0.5, 0.6) is 5.75 Å². The van der Waals surface area contributed by atoms with Gasteiger partial charge in [0.15, 0.2) is 11.5 Å². The Morgan fingerprint density at radius 2 is 1.65 bits per heavy atom. The minimum atomic E-state index is -0.223. The van der Waals surface area contributed by atoms with E-state index in [-0.39, 0.29) is 5.91 Å². The summed E-state index contributed by atoms with van der Waals surface area (Å²) in [6.45, 7) is 5.92. The second-order valence-corrected chi connectivity index (χ2v) is 7.36. The average molecular weight is 424 g/mol. The molecule has 0 aliphatic carbocycles.